The Morgan fingerprint density at radius 3 is 2.30 bits per heavy atom. The van der Waals surface area contributed by atoms with Crippen molar-refractivity contribution in [1.29, 1.82) is 0 Å². The van der Waals surface area contributed by atoms with E-state index in [0.717, 1.165) is 17.7 Å². The Morgan fingerprint density at radius 2 is 1.78 bits per heavy atom. The molecule has 0 amide bonds. The number of esters is 1. The molecule has 0 aliphatic heterocycles. The Balaban J connectivity index is 2.15. The van der Waals surface area contributed by atoms with Crippen molar-refractivity contribution in [1.82, 2.24) is 9.88 Å². The van der Waals surface area contributed by atoms with E-state index in [9.17, 15) is 4.79 Å². The number of rotatable bonds is 5. The number of benzene rings is 1. The van der Waals surface area contributed by atoms with Gasteiger partial charge in [-0.25, -0.2) is 0 Å². The van der Waals surface area contributed by atoms with Crippen molar-refractivity contribution >= 4 is 5.97 Å². The molecule has 2 rings (SSSR count). The normalized spacial score (nSPS) is 12.3. The molecule has 0 bridgehead atoms. The molecule has 4 heteroatoms. The zero-order valence-corrected chi connectivity index (χ0v) is 14.5. The molecule has 2 aromatic rings. The smallest absolute Gasteiger partial charge is 0.308 e. The first-order valence-electron chi connectivity index (χ1n) is 7.77. The summed E-state index contributed by atoms with van der Waals surface area (Å²) in [6, 6.07) is 8.55. The van der Waals surface area contributed by atoms with Crippen LogP contribution in [0, 0.1) is 13.8 Å². The second kappa shape index (κ2) is 7.38. The SMILES string of the molecule is CC(=O)Oc1c(C)cc(CN(C)C(C)c2ccncc2)cc1C. The van der Waals surface area contributed by atoms with E-state index in [1.807, 2.05) is 38.4 Å². The van der Waals surface area contributed by atoms with Gasteiger partial charge in [0.15, 0.2) is 0 Å². The number of carbonyl (C=O) groups excluding carboxylic acids is 1. The summed E-state index contributed by atoms with van der Waals surface area (Å²) in [7, 11) is 2.11. The molecule has 1 atom stereocenters. The second-order valence-corrected chi connectivity index (χ2v) is 6.02. The number of carbonyl (C=O) groups is 1. The molecule has 0 saturated carbocycles. The Kier molecular flexibility index (Phi) is 5.50. The van der Waals surface area contributed by atoms with Gasteiger partial charge in [0, 0.05) is 31.9 Å². The summed E-state index contributed by atoms with van der Waals surface area (Å²) in [5, 5.41) is 0. The fourth-order valence-corrected chi connectivity index (χ4v) is 2.76. The third-order valence-electron chi connectivity index (χ3n) is 4.05. The van der Waals surface area contributed by atoms with Crippen molar-refractivity contribution in [3.05, 3.63) is 58.9 Å². The number of aryl methyl sites for hydroxylation is 2. The molecule has 0 N–H and O–H groups in total. The average molecular weight is 312 g/mol. The van der Waals surface area contributed by atoms with Crippen LogP contribution in [0.5, 0.6) is 5.75 Å². The van der Waals surface area contributed by atoms with Crippen LogP contribution in [0.3, 0.4) is 0 Å². The Labute approximate surface area is 138 Å². The summed E-state index contributed by atoms with van der Waals surface area (Å²) in [6.07, 6.45) is 3.64. The molecular weight excluding hydrogens is 288 g/mol. The van der Waals surface area contributed by atoms with E-state index in [1.165, 1.54) is 18.1 Å². The molecule has 1 unspecified atom stereocenters. The van der Waals surface area contributed by atoms with Crippen LogP contribution in [-0.2, 0) is 11.3 Å². The van der Waals surface area contributed by atoms with Gasteiger partial charge in [-0.15, -0.1) is 0 Å². The maximum Gasteiger partial charge on any atom is 0.308 e. The van der Waals surface area contributed by atoms with Gasteiger partial charge in [-0.2, -0.15) is 0 Å². The predicted octanol–water partition coefficient (Wildman–Crippen LogP) is 3.82. The molecule has 4 nitrogen and oxygen atoms in total. The molecule has 122 valence electrons. The van der Waals surface area contributed by atoms with E-state index < -0.39 is 0 Å². The van der Waals surface area contributed by atoms with Gasteiger partial charge < -0.3 is 4.74 Å². The quantitative estimate of drug-likeness (QED) is 0.622. The highest BCUT2D eigenvalue weighted by Crippen LogP contribution is 2.27. The van der Waals surface area contributed by atoms with E-state index in [2.05, 4.69) is 36.0 Å². The zero-order valence-electron chi connectivity index (χ0n) is 14.5. The Hall–Kier alpha value is -2.20. The van der Waals surface area contributed by atoms with Crippen LogP contribution in [0.15, 0.2) is 36.7 Å². The molecule has 0 spiro atoms. The molecule has 0 aliphatic carbocycles. The number of nitrogens with zero attached hydrogens (tertiary/aromatic N) is 2. The summed E-state index contributed by atoms with van der Waals surface area (Å²) in [4.78, 5) is 17.5. The first kappa shape index (κ1) is 17.2. The van der Waals surface area contributed by atoms with Crippen molar-refractivity contribution in [3.8, 4) is 5.75 Å². The lowest BCUT2D eigenvalue weighted by atomic mass is 10.0. The van der Waals surface area contributed by atoms with E-state index in [-0.39, 0.29) is 5.97 Å². The molecule has 0 saturated heterocycles. The maximum absolute atomic E-state index is 11.2. The van der Waals surface area contributed by atoms with Crippen molar-refractivity contribution in [2.75, 3.05) is 7.05 Å². The van der Waals surface area contributed by atoms with E-state index in [4.69, 9.17) is 4.74 Å². The summed E-state index contributed by atoms with van der Waals surface area (Å²) in [6.45, 7) is 8.38. The number of pyridine rings is 1. The minimum absolute atomic E-state index is 0.285. The third kappa shape index (κ3) is 4.39. The fourth-order valence-electron chi connectivity index (χ4n) is 2.76. The molecule has 0 fully saturated rings. The van der Waals surface area contributed by atoms with Crippen molar-refractivity contribution in [2.45, 2.75) is 40.3 Å². The van der Waals surface area contributed by atoms with E-state index >= 15 is 0 Å². The van der Waals surface area contributed by atoms with Crippen molar-refractivity contribution in [2.24, 2.45) is 0 Å². The zero-order chi connectivity index (χ0) is 17.0. The van der Waals surface area contributed by atoms with Crippen LogP contribution in [0.4, 0.5) is 0 Å². The molecule has 1 heterocycles. The summed E-state index contributed by atoms with van der Waals surface area (Å²) in [5.74, 6) is 0.387. The van der Waals surface area contributed by atoms with Gasteiger partial charge in [0.25, 0.3) is 0 Å². The number of ether oxygens (including phenoxy) is 1. The highest BCUT2D eigenvalue weighted by atomic mass is 16.5. The van der Waals surface area contributed by atoms with E-state index in [1.54, 1.807) is 0 Å². The minimum atomic E-state index is -0.285. The Bertz CT molecular complexity index is 660. The Morgan fingerprint density at radius 1 is 1.22 bits per heavy atom. The first-order valence-corrected chi connectivity index (χ1v) is 7.77. The van der Waals surface area contributed by atoms with Crippen LogP contribution < -0.4 is 4.74 Å². The second-order valence-electron chi connectivity index (χ2n) is 6.02. The lowest BCUT2D eigenvalue weighted by Crippen LogP contribution is -2.22. The summed E-state index contributed by atoms with van der Waals surface area (Å²) >= 11 is 0. The fraction of sp³-hybridized carbons (Fsp3) is 0.368. The van der Waals surface area contributed by atoms with Crippen LogP contribution in [0.1, 0.15) is 42.1 Å². The molecule has 1 aromatic carbocycles. The average Bonchev–Trinajstić information content (AvgIpc) is 2.51. The van der Waals surface area contributed by atoms with Crippen LogP contribution in [0.25, 0.3) is 0 Å². The van der Waals surface area contributed by atoms with Crippen molar-refractivity contribution < 1.29 is 9.53 Å². The van der Waals surface area contributed by atoms with Gasteiger partial charge >= 0.3 is 5.97 Å². The summed E-state index contributed by atoms with van der Waals surface area (Å²) in [5.41, 5.74) is 4.42. The predicted molar refractivity (Wildman–Crippen MR) is 91.3 cm³/mol. The van der Waals surface area contributed by atoms with Crippen LogP contribution >= 0.6 is 0 Å². The van der Waals surface area contributed by atoms with Gasteiger partial charge in [-0.1, -0.05) is 12.1 Å². The topological polar surface area (TPSA) is 42.4 Å². The lowest BCUT2D eigenvalue weighted by Gasteiger charge is -2.25. The summed E-state index contributed by atoms with van der Waals surface area (Å²) < 4.78 is 5.29. The van der Waals surface area contributed by atoms with Crippen molar-refractivity contribution in [3.63, 3.8) is 0 Å². The molecule has 0 radical (unpaired) electrons. The number of hydrogen-bond donors (Lipinski definition) is 0. The van der Waals surface area contributed by atoms with Gasteiger partial charge in [-0.05, 0) is 62.2 Å². The van der Waals surface area contributed by atoms with Crippen LogP contribution in [-0.4, -0.2) is 22.9 Å². The minimum Gasteiger partial charge on any atom is -0.426 e. The lowest BCUT2D eigenvalue weighted by molar-refractivity contribution is -0.131. The highest BCUT2D eigenvalue weighted by molar-refractivity contribution is 5.70. The van der Waals surface area contributed by atoms with Crippen LogP contribution in [0.2, 0.25) is 0 Å². The molecular formula is C19H24N2O2. The highest BCUT2D eigenvalue weighted by Gasteiger charge is 2.14. The largest absolute Gasteiger partial charge is 0.426 e. The van der Waals surface area contributed by atoms with E-state index in [0.29, 0.717) is 11.8 Å². The first-order chi connectivity index (χ1) is 10.9. The van der Waals surface area contributed by atoms with Gasteiger partial charge in [0.1, 0.15) is 5.75 Å². The maximum atomic E-state index is 11.2. The van der Waals surface area contributed by atoms with Gasteiger partial charge in [0.05, 0.1) is 0 Å². The molecule has 23 heavy (non-hydrogen) atoms. The molecule has 1 aromatic heterocycles. The third-order valence-corrected chi connectivity index (χ3v) is 4.05. The number of hydrogen-bond acceptors (Lipinski definition) is 4. The standard InChI is InChI=1S/C19H24N2O2/c1-13-10-17(11-14(2)19(13)23-16(4)22)12-21(5)15(3)18-6-8-20-9-7-18/h6-11,15H,12H2,1-5H3. The van der Waals surface area contributed by atoms with Gasteiger partial charge in [-0.3, -0.25) is 14.7 Å². The number of aromatic nitrogens is 1. The molecule has 0 aliphatic rings. The van der Waals surface area contributed by atoms with Gasteiger partial charge in [0.2, 0.25) is 0 Å². The monoisotopic (exact) mass is 312 g/mol.